The monoisotopic (exact) mass is 640 g/mol. The molecule has 4 aromatic carbocycles. The van der Waals surface area contributed by atoms with Crippen molar-refractivity contribution >= 4 is 55.1 Å². The molecule has 204 valence electrons. The predicted molar refractivity (Wildman–Crippen MR) is 142 cm³/mol. The topological polar surface area (TPSA) is 204 Å². The van der Waals surface area contributed by atoms with Gasteiger partial charge in [-0.3, -0.25) is 0 Å². The molecule has 0 spiro atoms. The number of aromatic hydroxyl groups is 2. The predicted octanol–water partition coefficient (Wildman–Crippen LogP) is -0.0848. The summed E-state index contributed by atoms with van der Waals surface area (Å²) in [6, 6.07) is 18.8. The third kappa shape index (κ3) is 10.3. The van der Waals surface area contributed by atoms with Gasteiger partial charge in [0.1, 0.15) is 31.7 Å². The minimum absolute atomic E-state index is 0. The van der Waals surface area contributed by atoms with Crippen LogP contribution in [0.3, 0.4) is 0 Å². The van der Waals surface area contributed by atoms with Crippen molar-refractivity contribution < 1.29 is 117 Å². The number of nitrogens with zero attached hydrogens (tertiary/aromatic N) is 4. The molecule has 42 heavy (non-hydrogen) atoms. The van der Waals surface area contributed by atoms with E-state index < -0.39 is 30.0 Å². The van der Waals surface area contributed by atoms with Gasteiger partial charge in [0.2, 0.25) is 0 Å². The largest absolute Gasteiger partial charge is 1.00 e. The van der Waals surface area contributed by atoms with Crippen LogP contribution in [0.15, 0.2) is 115 Å². The summed E-state index contributed by atoms with van der Waals surface area (Å²) < 4.78 is 71.6. The summed E-state index contributed by atoms with van der Waals surface area (Å²) in [5.41, 5.74) is 0.667. The Morgan fingerprint density at radius 3 is 1.12 bits per heavy atom. The first kappa shape index (κ1) is 36.1. The van der Waals surface area contributed by atoms with Crippen LogP contribution in [-0.2, 0) is 20.2 Å². The van der Waals surface area contributed by atoms with E-state index in [0.717, 1.165) is 12.1 Å². The molecule has 16 heteroatoms. The number of hydrogen-bond donors (Lipinski definition) is 2. The molecule has 0 radical (unpaired) electrons. The SMILES string of the molecule is O=S(=O)([O-])c1cc(N=Nc2ccc(O)cc2)ccc1C=Cc1ccc(N=Nc2ccc(O)cc2)cc1S(=O)(=O)[O-].[K+].[Na+]. The van der Waals surface area contributed by atoms with E-state index in [9.17, 15) is 36.2 Å². The summed E-state index contributed by atoms with van der Waals surface area (Å²) in [6.07, 6.45) is 2.35. The molecular formula is C26H18KN4NaO8S2. The molecular weight excluding hydrogens is 623 g/mol. The van der Waals surface area contributed by atoms with Crippen LogP contribution < -0.4 is 80.9 Å². The van der Waals surface area contributed by atoms with Crippen LogP contribution in [0.2, 0.25) is 0 Å². The minimum atomic E-state index is -4.99. The molecule has 0 saturated carbocycles. The maximum atomic E-state index is 11.9. The number of phenolic OH excluding ortho intramolecular Hbond substituents is 2. The minimum Gasteiger partial charge on any atom is -0.744 e. The van der Waals surface area contributed by atoms with Crippen LogP contribution in [0.25, 0.3) is 12.2 Å². The summed E-state index contributed by atoms with van der Waals surface area (Å²) in [4.78, 5) is -1.28. The Morgan fingerprint density at radius 1 is 0.524 bits per heavy atom. The van der Waals surface area contributed by atoms with Crippen molar-refractivity contribution in [3.8, 4) is 11.5 Å². The fourth-order valence-corrected chi connectivity index (χ4v) is 4.71. The Balaban J connectivity index is 0.00000308. The van der Waals surface area contributed by atoms with Gasteiger partial charge in [0.15, 0.2) is 0 Å². The van der Waals surface area contributed by atoms with Gasteiger partial charge in [-0.1, -0.05) is 24.3 Å². The standard InChI is InChI=1S/C26H20N4O8S2.K.Na/c31-23-11-7-19(8-12-23)27-29-21-5-3-17(25(15-21)39(33,34)35)1-2-18-4-6-22(16-26(18)40(36,37)38)30-28-20-9-13-24(32)14-10-20;;/h1-16,31-32H,(H,33,34,35)(H,36,37,38);;/q;2*+1/p-2. The van der Waals surface area contributed by atoms with Crippen LogP contribution in [0.1, 0.15) is 11.1 Å². The number of phenols is 2. The number of azo groups is 2. The van der Waals surface area contributed by atoms with E-state index in [1.807, 2.05) is 0 Å². The summed E-state index contributed by atoms with van der Waals surface area (Å²) in [5, 5.41) is 34.3. The average Bonchev–Trinajstić information content (AvgIpc) is 2.90. The van der Waals surface area contributed by atoms with Gasteiger partial charge in [-0.2, -0.15) is 20.5 Å². The van der Waals surface area contributed by atoms with E-state index in [2.05, 4.69) is 20.5 Å². The van der Waals surface area contributed by atoms with Crippen molar-refractivity contribution in [3.63, 3.8) is 0 Å². The van der Waals surface area contributed by atoms with Crippen LogP contribution in [0.4, 0.5) is 22.7 Å². The van der Waals surface area contributed by atoms with Crippen molar-refractivity contribution in [3.05, 3.63) is 96.1 Å². The smallest absolute Gasteiger partial charge is 0.744 e. The van der Waals surface area contributed by atoms with E-state index in [0.29, 0.717) is 11.4 Å². The van der Waals surface area contributed by atoms with Gasteiger partial charge in [0.25, 0.3) is 0 Å². The Morgan fingerprint density at radius 2 is 0.810 bits per heavy atom. The second kappa shape index (κ2) is 15.6. The van der Waals surface area contributed by atoms with Crippen molar-refractivity contribution in [2.75, 3.05) is 0 Å². The normalized spacial score (nSPS) is 12.0. The number of rotatable bonds is 8. The van der Waals surface area contributed by atoms with E-state index >= 15 is 0 Å². The van der Waals surface area contributed by atoms with E-state index in [1.165, 1.54) is 84.9 Å². The summed E-state index contributed by atoms with van der Waals surface area (Å²) in [7, 11) is -9.98. The molecule has 0 aromatic heterocycles. The first-order chi connectivity index (χ1) is 18.9. The van der Waals surface area contributed by atoms with Crippen molar-refractivity contribution in [1.82, 2.24) is 0 Å². The number of benzene rings is 4. The molecule has 12 nitrogen and oxygen atoms in total. The second-order valence-electron chi connectivity index (χ2n) is 8.12. The van der Waals surface area contributed by atoms with Crippen molar-refractivity contribution in [2.45, 2.75) is 9.79 Å². The molecule has 0 aliphatic rings. The zero-order valence-corrected chi connectivity index (χ0v) is 28.9. The Bertz CT molecular complexity index is 1730. The third-order valence-corrected chi connectivity index (χ3v) is 7.02. The van der Waals surface area contributed by atoms with Crippen LogP contribution in [0.5, 0.6) is 11.5 Å². The molecule has 0 bridgehead atoms. The Labute approximate surface area is 306 Å². The maximum absolute atomic E-state index is 11.9. The molecule has 0 aliphatic heterocycles. The van der Waals surface area contributed by atoms with Gasteiger partial charge >= 0.3 is 80.9 Å². The Hall–Kier alpha value is -2.12. The zero-order chi connectivity index (χ0) is 28.9. The molecule has 0 heterocycles. The zero-order valence-electron chi connectivity index (χ0n) is 22.2. The van der Waals surface area contributed by atoms with Gasteiger partial charge in [-0.05, 0) is 83.9 Å². The van der Waals surface area contributed by atoms with Crippen LogP contribution in [-0.4, -0.2) is 36.2 Å². The van der Waals surface area contributed by atoms with Gasteiger partial charge in [-0.15, -0.1) is 0 Å². The second-order valence-corrected chi connectivity index (χ2v) is 10.8. The van der Waals surface area contributed by atoms with Gasteiger partial charge < -0.3 is 19.3 Å². The quantitative estimate of drug-likeness (QED) is 0.115. The molecule has 0 amide bonds. The fourth-order valence-electron chi connectivity index (χ4n) is 3.33. The maximum Gasteiger partial charge on any atom is 1.00 e. The molecule has 0 unspecified atom stereocenters. The molecule has 0 aliphatic carbocycles. The molecule has 0 atom stereocenters. The molecule has 2 N–H and O–H groups in total. The van der Waals surface area contributed by atoms with Crippen LogP contribution >= 0.6 is 0 Å². The van der Waals surface area contributed by atoms with Crippen molar-refractivity contribution in [2.24, 2.45) is 20.5 Å². The van der Waals surface area contributed by atoms with Gasteiger partial charge in [0.05, 0.1) is 32.5 Å². The molecule has 0 fully saturated rings. The average molecular weight is 641 g/mol. The molecule has 0 saturated heterocycles. The molecule has 4 aromatic rings. The Kier molecular flexibility index (Phi) is 13.4. The van der Waals surface area contributed by atoms with E-state index in [4.69, 9.17) is 0 Å². The van der Waals surface area contributed by atoms with Crippen molar-refractivity contribution in [1.29, 1.82) is 0 Å². The van der Waals surface area contributed by atoms with Gasteiger partial charge in [0, 0.05) is 0 Å². The molecule has 4 rings (SSSR count). The first-order valence-corrected chi connectivity index (χ1v) is 14.0. The third-order valence-electron chi connectivity index (χ3n) is 5.24. The van der Waals surface area contributed by atoms with E-state index in [1.54, 1.807) is 0 Å². The van der Waals surface area contributed by atoms with E-state index in [-0.39, 0.29) is 115 Å². The summed E-state index contributed by atoms with van der Waals surface area (Å²) in [6.45, 7) is 0. The van der Waals surface area contributed by atoms with Gasteiger partial charge in [-0.25, -0.2) is 16.8 Å². The summed E-state index contributed by atoms with van der Waals surface area (Å²) in [5.74, 6) is 0.0479. The fraction of sp³-hybridized carbons (Fsp3) is 0. The summed E-state index contributed by atoms with van der Waals surface area (Å²) >= 11 is 0. The number of hydrogen-bond acceptors (Lipinski definition) is 12. The van der Waals surface area contributed by atoms with Crippen LogP contribution in [0, 0.1) is 0 Å². The first-order valence-electron chi connectivity index (χ1n) is 11.2.